The van der Waals surface area contributed by atoms with E-state index >= 15 is 0 Å². The van der Waals surface area contributed by atoms with Crippen molar-refractivity contribution in [2.75, 3.05) is 6.61 Å². The highest BCUT2D eigenvalue weighted by atomic mass is 16.5. The van der Waals surface area contributed by atoms with Crippen LogP contribution in [0.15, 0.2) is 30.3 Å². The molecule has 0 aliphatic carbocycles. The first-order valence-corrected chi connectivity index (χ1v) is 6.93. The molecule has 1 heterocycles. The monoisotopic (exact) mass is 277 g/mol. The molecule has 112 valence electrons. The summed E-state index contributed by atoms with van der Waals surface area (Å²) in [4.78, 5) is 9.22. The van der Waals surface area contributed by atoms with Crippen LogP contribution < -0.4 is 5.73 Å². The van der Waals surface area contributed by atoms with Crippen LogP contribution in [0, 0.1) is 12.8 Å². The van der Waals surface area contributed by atoms with E-state index in [0.29, 0.717) is 6.10 Å². The summed E-state index contributed by atoms with van der Waals surface area (Å²) in [5.41, 5.74) is 5.87. The van der Waals surface area contributed by atoms with Gasteiger partial charge in [0, 0.05) is 13.5 Å². The molecule has 0 bridgehead atoms. The molecule has 1 fully saturated rings. The second kappa shape index (κ2) is 15.3. The van der Waals surface area contributed by atoms with Crippen LogP contribution in [0.4, 0.5) is 0 Å². The number of ether oxygens (including phenoxy) is 1. The van der Waals surface area contributed by atoms with Gasteiger partial charge in [0.25, 0.3) is 0 Å². The zero-order valence-electron chi connectivity index (χ0n) is 12.8. The van der Waals surface area contributed by atoms with Crippen molar-refractivity contribution >= 4 is 5.91 Å². The Balaban J connectivity index is 0. The Morgan fingerprint density at radius 1 is 1.30 bits per heavy atom. The average molecular weight is 277 g/mol. The molecule has 3 heteroatoms. The van der Waals surface area contributed by atoms with Crippen LogP contribution in [0.1, 0.15) is 39.2 Å². The number of terminal acetylenes is 1. The number of carbonyl (C=O) groups is 1. The Kier molecular flexibility index (Phi) is 15.7. The number of hydrogen-bond donors (Lipinski definition) is 1. The topological polar surface area (TPSA) is 52.3 Å². The first-order valence-electron chi connectivity index (χ1n) is 6.93. The summed E-state index contributed by atoms with van der Waals surface area (Å²) < 4.78 is 5.56. The smallest absolute Gasteiger partial charge is 0.214 e. The van der Waals surface area contributed by atoms with Crippen LogP contribution in [-0.4, -0.2) is 18.6 Å². The van der Waals surface area contributed by atoms with Gasteiger partial charge < -0.3 is 10.5 Å². The third kappa shape index (κ3) is 12.7. The highest BCUT2D eigenvalue weighted by molar-refractivity contribution is 5.70. The van der Waals surface area contributed by atoms with Gasteiger partial charge in [0.1, 0.15) is 0 Å². The lowest BCUT2D eigenvalue weighted by molar-refractivity contribution is -0.115. The Morgan fingerprint density at radius 2 is 1.80 bits per heavy atom. The molecule has 1 aliphatic heterocycles. The number of hydrogen-bond acceptors (Lipinski definition) is 2. The van der Waals surface area contributed by atoms with Gasteiger partial charge in [-0.15, -0.1) is 12.8 Å². The molecule has 20 heavy (non-hydrogen) atoms. The molecule has 3 nitrogen and oxygen atoms in total. The Morgan fingerprint density at radius 3 is 2.20 bits per heavy atom. The van der Waals surface area contributed by atoms with Crippen LogP contribution >= 0.6 is 0 Å². The van der Waals surface area contributed by atoms with E-state index in [1.165, 1.54) is 25.3 Å². The zero-order chi connectivity index (χ0) is 15.8. The summed E-state index contributed by atoms with van der Waals surface area (Å²) >= 11 is 0. The first kappa shape index (κ1) is 20.5. The number of nitrogens with two attached hydrogens (primary N) is 1. The number of rotatable bonds is 2. The molecule has 1 aromatic rings. The van der Waals surface area contributed by atoms with E-state index < -0.39 is 0 Å². The standard InChI is InChI=1S/C11H14O.C2H5NO.C2H6.C2H2/c1-2-5-10(6-3-1)9-11-7-4-8-12-11;1-2(3)4;2*1-2/h1-3,5-6,11H,4,7-9H2;1H3,(H2,3,4);1-2H3;1-2H/t11-;;;/m0.../s1. The van der Waals surface area contributed by atoms with E-state index in [1.54, 1.807) is 0 Å². The fraction of sp³-hybridized carbons (Fsp3) is 0.471. The molecule has 1 aliphatic rings. The number of carbonyl (C=O) groups excluding carboxylic acids is 1. The summed E-state index contributed by atoms with van der Waals surface area (Å²) in [7, 11) is 0. The Hall–Kier alpha value is -1.79. The molecule has 2 N–H and O–H groups in total. The second-order valence-corrected chi connectivity index (χ2v) is 3.94. The predicted octanol–water partition coefficient (Wildman–Crippen LogP) is 3.18. The average Bonchev–Trinajstić information content (AvgIpc) is 2.97. The minimum atomic E-state index is -0.333. The van der Waals surface area contributed by atoms with E-state index in [0.717, 1.165) is 13.0 Å². The molecule has 0 aromatic heterocycles. The molecule has 1 aromatic carbocycles. The molecule has 0 spiro atoms. The molecule has 1 atom stereocenters. The van der Waals surface area contributed by atoms with E-state index in [-0.39, 0.29) is 5.91 Å². The summed E-state index contributed by atoms with van der Waals surface area (Å²) in [6.45, 7) is 6.26. The van der Waals surface area contributed by atoms with Crippen molar-refractivity contribution in [1.82, 2.24) is 0 Å². The van der Waals surface area contributed by atoms with Gasteiger partial charge in [0.05, 0.1) is 6.10 Å². The van der Waals surface area contributed by atoms with Gasteiger partial charge in [-0.25, -0.2) is 0 Å². The first-order chi connectivity index (χ1) is 9.68. The molecular formula is C17H27NO2. The fourth-order valence-electron chi connectivity index (χ4n) is 1.68. The van der Waals surface area contributed by atoms with Crippen LogP contribution in [0.3, 0.4) is 0 Å². The summed E-state index contributed by atoms with van der Waals surface area (Å²) in [6, 6.07) is 10.6. The van der Waals surface area contributed by atoms with Gasteiger partial charge in [-0.05, 0) is 24.8 Å². The second-order valence-electron chi connectivity index (χ2n) is 3.94. The lowest BCUT2D eigenvalue weighted by Gasteiger charge is -2.08. The maximum Gasteiger partial charge on any atom is 0.214 e. The minimum absolute atomic E-state index is 0.333. The predicted molar refractivity (Wildman–Crippen MR) is 85.2 cm³/mol. The highest BCUT2D eigenvalue weighted by Gasteiger charge is 2.15. The third-order valence-electron chi connectivity index (χ3n) is 2.33. The van der Waals surface area contributed by atoms with Crippen molar-refractivity contribution in [3.63, 3.8) is 0 Å². The van der Waals surface area contributed by atoms with Crippen LogP contribution in [0.25, 0.3) is 0 Å². The van der Waals surface area contributed by atoms with E-state index in [4.69, 9.17) is 4.74 Å². The fourth-order valence-corrected chi connectivity index (χ4v) is 1.68. The van der Waals surface area contributed by atoms with Crippen LogP contribution in [0.5, 0.6) is 0 Å². The van der Waals surface area contributed by atoms with Crippen LogP contribution in [-0.2, 0) is 16.0 Å². The number of primary amides is 1. The van der Waals surface area contributed by atoms with Gasteiger partial charge >= 0.3 is 0 Å². The molecule has 2 rings (SSSR count). The normalized spacial score (nSPS) is 15.3. The molecule has 1 amide bonds. The van der Waals surface area contributed by atoms with E-state index in [2.05, 4.69) is 48.9 Å². The molecule has 0 saturated carbocycles. The Labute approximate surface area is 123 Å². The SMILES string of the molecule is C#C.CC.CC(N)=O.c1ccc(C[C@@H]2CCCO2)cc1. The largest absolute Gasteiger partial charge is 0.378 e. The van der Waals surface area contributed by atoms with Gasteiger partial charge in [0.15, 0.2) is 0 Å². The zero-order valence-corrected chi connectivity index (χ0v) is 12.8. The van der Waals surface area contributed by atoms with Gasteiger partial charge in [-0.1, -0.05) is 44.2 Å². The molecule has 0 radical (unpaired) electrons. The third-order valence-corrected chi connectivity index (χ3v) is 2.33. The van der Waals surface area contributed by atoms with E-state index in [9.17, 15) is 4.79 Å². The number of benzene rings is 1. The van der Waals surface area contributed by atoms with Crippen molar-refractivity contribution < 1.29 is 9.53 Å². The highest BCUT2D eigenvalue weighted by Crippen LogP contribution is 2.16. The van der Waals surface area contributed by atoms with Crippen LogP contribution in [0.2, 0.25) is 0 Å². The lowest BCUT2D eigenvalue weighted by Crippen LogP contribution is -2.08. The summed E-state index contributed by atoms with van der Waals surface area (Å²) in [6.07, 6.45) is 12.0. The van der Waals surface area contributed by atoms with Gasteiger partial charge in [-0.3, -0.25) is 4.79 Å². The van der Waals surface area contributed by atoms with Crippen molar-refractivity contribution in [2.24, 2.45) is 5.73 Å². The maximum absolute atomic E-state index is 9.22. The summed E-state index contributed by atoms with van der Waals surface area (Å²) in [5, 5.41) is 0. The quantitative estimate of drug-likeness (QED) is 0.844. The summed E-state index contributed by atoms with van der Waals surface area (Å²) in [5.74, 6) is -0.333. The maximum atomic E-state index is 9.22. The molecule has 0 unspecified atom stereocenters. The van der Waals surface area contributed by atoms with Crippen molar-refractivity contribution in [3.8, 4) is 12.8 Å². The lowest BCUT2D eigenvalue weighted by atomic mass is 10.1. The Bertz CT molecular complexity index is 337. The van der Waals surface area contributed by atoms with Crippen molar-refractivity contribution in [1.29, 1.82) is 0 Å². The molecule has 1 saturated heterocycles. The van der Waals surface area contributed by atoms with Crippen molar-refractivity contribution in [2.45, 2.75) is 46.1 Å². The van der Waals surface area contributed by atoms with Gasteiger partial charge in [0.2, 0.25) is 5.91 Å². The van der Waals surface area contributed by atoms with E-state index in [1.807, 2.05) is 13.8 Å². The minimum Gasteiger partial charge on any atom is -0.378 e. The van der Waals surface area contributed by atoms with Crippen molar-refractivity contribution in [3.05, 3.63) is 35.9 Å². The number of amides is 1. The van der Waals surface area contributed by atoms with Gasteiger partial charge in [-0.2, -0.15) is 0 Å². The molecular weight excluding hydrogens is 250 g/mol.